The van der Waals surface area contributed by atoms with Gasteiger partial charge in [-0.05, 0) is 6.42 Å². The van der Waals surface area contributed by atoms with Crippen LogP contribution in [0.3, 0.4) is 0 Å². The Morgan fingerprint density at radius 3 is 1.50 bits per heavy atom. The van der Waals surface area contributed by atoms with Crippen molar-refractivity contribution < 1.29 is 31.1 Å². The summed E-state index contributed by atoms with van der Waals surface area (Å²) in [5, 5.41) is 0. The highest BCUT2D eigenvalue weighted by atomic mass is 19.4. The van der Waals surface area contributed by atoms with Crippen LogP contribution in [-0.2, 0) is 4.79 Å². The molecule has 0 radical (unpaired) electrons. The second-order valence-electron chi connectivity index (χ2n) is 2.41. The lowest BCUT2D eigenvalue weighted by Gasteiger charge is -2.31. The standard InChI is InChI=1S/C6H5F6NO/c1-2-4(13-3-14,5(7,8)9)6(10,11)12/h2H2,1H3. The first-order chi connectivity index (χ1) is 6.12. The molecule has 0 aromatic carbocycles. The molecule has 0 heterocycles. The van der Waals surface area contributed by atoms with E-state index < -0.39 is 24.3 Å². The SMILES string of the molecule is CCC(N=C=O)(C(F)(F)F)C(F)(F)F. The molecule has 0 unspecified atom stereocenters. The second-order valence-corrected chi connectivity index (χ2v) is 2.41. The number of hydrogen-bond donors (Lipinski definition) is 0. The molecule has 14 heavy (non-hydrogen) atoms. The van der Waals surface area contributed by atoms with Crippen molar-refractivity contribution in [3.05, 3.63) is 0 Å². The molecule has 0 saturated carbocycles. The van der Waals surface area contributed by atoms with Gasteiger partial charge in [-0.1, -0.05) is 6.92 Å². The van der Waals surface area contributed by atoms with E-state index in [-0.39, 0.29) is 0 Å². The normalized spacial score (nSPS) is 13.6. The lowest BCUT2D eigenvalue weighted by atomic mass is 9.95. The van der Waals surface area contributed by atoms with Gasteiger partial charge in [-0.15, -0.1) is 0 Å². The van der Waals surface area contributed by atoms with E-state index in [4.69, 9.17) is 0 Å². The van der Waals surface area contributed by atoms with Gasteiger partial charge in [-0.2, -0.15) is 31.3 Å². The van der Waals surface area contributed by atoms with Crippen LogP contribution in [0.25, 0.3) is 0 Å². The van der Waals surface area contributed by atoms with Gasteiger partial charge in [0.1, 0.15) is 0 Å². The quantitative estimate of drug-likeness (QED) is 0.400. The molecule has 0 amide bonds. The smallest absolute Gasteiger partial charge is 0.211 e. The third-order valence-electron chi connectivity index (χ3n) is 1.69. The Balaban J connectivity index is 5.56. The number of halogens is 6. The van der Waals surface area contributed by atoms with Crippen molar-refractivity contribution in [2.75, 3.05) is 0 Å². The Kier molecular flexibility index (Phi) is 3.34. The molecule has 0 atom stereocenters. The molecule has 0 aromatic heterocycles. The van der Waals surface area contributed by atoms with Gasteiger partial charge in [0.15, 0.2) is 0 Å². The number of carbonyl (C=O) groups excluding carboxylic acids is 1. The van der Waals surface area contributed by atoms with Gasteiger partial charge >= 0.3 is 12.4 Å². The Hall–Kier alpha value is -1.04. The molecule has 0 spiro atoms. The molecule has 0 fully saturated rings. The number of alkyl halides is 6. The van der Waals surface area contributed by atoms with Crippen LogP contribution in [-0.4, -0.2) is 24.0 Å². The molecule has 0 aliphatic heterocycles. The summed E-state index contributed by atoms with van der Waals surface area (Å²) in [5.41, 5.74) is -4.33. The van der Waals surface area contributed by atoms with Gasteiger partial charge in [-0.3, -0.25) is 0 Å². The number of rotatable bonds is 2. The van der Waals surface area contributed by atoms with Crippen LogP contribution in [0.1, 0.15) is 13.3 Å². The van der Waals surface area contributed by atoms with Gasteiger partial charge in [0.25, 0.3) is 5.54 Å². The van der Waals surface area contributed by atoms with Crippen molar-refractivity contribution in [3.8, 4) is 0 Å². The summed E-state index contributed by atoms with van der Waals surface area (Å²) in [6.45, 7) is 0.641. The fourth-order valence-corrected chi connectivity index (χ4v) is 0.845. The van der Waals surface area contributed by atoms with Gasteiger partial charge in [0.05, 0.1) is 0 Å². The lowest BCUT2D eigenvalue weighted by molar-refractivity contribution is -0.295. The first-order valence-corrected chi connectivity index (χ1v) is 3.35. The zero-order chi connectivity index (χ0) is 11.6. The van der Waals surface area contributed by atoms with E-state index in [1.54, 1.807) is 0 Å². The van der Waals surface area contributed by atoms with Crippen molar-refractivity contribution in [2.45, 2.75) is 31.2 Å². The third kappa shape index (κ3) is 1.89. The Labute approximate surface area is 74.6 Å². The molecule has 82 valence electrons. The summed E-state index contributed by atoms with van der Waals surface area (Å²) in [6.07, 6.45) is -12.4. The fourth-order valence-electron chi connectivity index (χ4n) is 0.845. The maximum Gasteiger partial charge on any atom is 0.423 e. The number of aliphatic imine (C=N–C) groups is 1. The molecule has 0 saturated heterocycles. The van der Waals surface area contributed by atoms with E-state index >= 15 is 0 Å². The van der Waals surface area contributed by atoms with Crippen molar-refractivity contribution in [2.24, 2.45) is 4.99 Å². The Bertz CT molecular complexity index is 234. The van der Waals surface area contributed by atoms with Gasteiger partial charge < -0.3 is 0 Å². The van der Waals surface area contributed by atoms with E-state index in [1.165, 1.54) is 0 Å². The van der Waals surface area contributed by atoms with Crippen LogP contribution in [0.5, 0.6) is 0 Å². The Morgan fingerprint density at radius 2 is 1.43 bits per heavy atom. The predicted octanol–water partition coefficient (Wildman–Crippen LogP) is 2.60. The van der Waals surface area contributed by atoms with Crippen LogP contribution < -0.4 is 0 Å². The van der Waals surface area contributed by atoms with Crippen LogP contribution in [0.2, 0.25) is 0 Å². The van der Waals surface area contributed by atoms with Crippen molar-refractivity contribution in [1.82, 2.24) is 0 Å². The highest BCUT2D eigenvalue weighted by Crippen LogP contribution is 2.47. The summed E-state index contributed by atoms with van der Waals surface area (Å²) < 4.78 is 72.4. The van der Waals surface area contributed by atoms with E-state index in [0.29, 0.717) is 13.0 Å². The van der Waals surface area contributed by atoms with Crippen molar-refractivity contribution >= 4 is 6.08 Å². The minimum Gasteiger partial charge on any atom is -0.211 e. The van der Waals surface area contributed by atoms with Gasteiger partial charge in [0, 0.05) is 0 Å². The number of nitrogens with zero attached hydrogens (tertiary/aromatic N) is 1. The largest absolute Gasteiger partial charge is 0.423 e. The van der Waals surface area contributed by atoms with Crippen LogP contribution in [0, 0.1) is 0 Å². The first kappa shape index (κ1) is 13.0. The molecular formula is C6H5F6NO. The molecule has 0 rings (SSSR count). The second kappa shape index (κ2) is 3.61. The summed E-state index contributed by atoms with van der Waals surface area (Å²) in [7, 11) is 0. The zero-order valence-corrected chi connectivity index (χ0v) is 6.83. The van der Waals surface area contributed by atoms with Crippen molar-refractivity contribution in [1.29, 1.82) is 0 Å². The fraction of sp³-hybridized carbons (Fsp3) is 0.833. The summed E-state index contributed by atoms with van der Waals surface area (Å²) in [5.74, 6) is 0. The minimum absolute atomic E-state index is 0.308. The average molecular weight is 221 g/mol. The average Bonchev–Trinajstić information content (AvgIpc) is 1.94. The van der Waals surface area contributed by atoms with E-state index in [1.807, 2.05) is 4.99 Å². The summed E-state index contributed by atoms with van der Waals surface area (Å²) in [6, 6.07) is 0. The van der Waals surface area contributed by atoms with Crippen LogP contribution in [0.4, 0.5) is 26.3 Å². The maximum absolute atomic E-state index is 12.1. The van der Waals surface area contributed by atoms with Gasteiger partial charge in [0.2, 0.25) is 6.08 Å². The minimum atomic E-state index is -5.66. The third-order valence-corrected chi connectivity index (χ3v) is 1.69. The monoisotopic (exact) mass is 221 g/mol. The molecule has 0 aliphatic carbocycles. The van der Waals surface area contributed by atoms with Crippen molar-refractivity contribution in [3.63, 3.8) is 0 Å². The molecule has 0 aliphatic rings. The number of hydrogen-bond acceptors (Lipinski definition) is 2. The first-order valence-electron chi connectivity index (χ1n) is 3.35. The highest BCUT2D eigenvalue weighted by Gasteiger charge is 2.70. The lowest BCUT2D eigenvalue weighted by Crippen LogP contribution is -2.54. The Morgan fingerprint density at radius 1 is 1.07 bits per heavy atom. The predicted molar refractivity (Wildman–Crippen MR) is 33.3 cm³/mol. The molecule has 8 heteroatoms. The molecule has 0 aromatic rings. The topological polar surface area (TPSA) is 29.4 Å². The maximum atomic E-state index is 12.1. The van der Waals surface area contributed by atoms with Crippen LogP contribution >= 0.6 is 0 Å². The zero-order valence-electron chi connectivity index (χ0n) is 6.83. The van der Waals surface area contributed by atoms with E-state index in [0.717, 1.165) is 0 Å². The molecule has 2 nitrogen and oxygen atoms in total. The van der Waals surface area contributed by atoms with Crippen LogP contribution in [0.15, 0.2) is 4.99 Å². The van der Waals surface area contributed by atoms with E-state index in [2.05, 4.69) is 0 Å². The number of isocyanates is 1. The summed E-state index contributed by atoms with van der Waals surface area (Å²) in [4.78, 5) is 11.4. The summed E-state index contributed by atoms with van der Waals surface area (Å²) >= 11 is 0. The van der Waals surface area contributed by atoms with Gasteiger partial charge in [-0.25, -0.2) is 4.79 Å². The molecular weight excluding hydrogens is 216 g/mol. The highest BCUT2D eigenvalue weighted by molar-refractivity contribution is 5.36. The molecule has 0 N–H and O–H groups in total. The molecule has 0 bridgehead atoms. The van der Waals surface area contributed by atoms with E-state index in [9.17, 15) is 31.1 Å².